The average Bonchev–Trinajstić information content (AvgIpc) is 2.49. The molecule has 0 atom stereocenters. The number of rotatable bonds is 3. The molecule has 1 N–H and O–H groups in total. The fraction of sp³-hybridized carbons (Fsp3) is 0.583. The van der Waals surface area contributed by atoms with Gasteiger partial charge in [-0.3, -0.25) is 4.79 Å². The lowest BCUT2D eigenvalue weighted by Crippen LogP contribution is -2.35. The normalized spacial score (nSPS) is 11.5. The van der Waals surface area contributed by atoms with E-state index in [1.807, 2.05) is 39.8 Å². The van der Waals surface area contributed by atoms with Crippen LogP contribution in [-0.2, 0) is 11.2 Å². The Balaban J connectivity index is 2.31. The average molecular weight is 209 g/mol. The Bertz CT molecular complexity index is 334. The van der Waals surface area contributed by atoms with Gasteiger partial charge in [0.05, 0.1) is 0 Å². The van der Waals surface area contributed by atoms with Gasteiger partial charge in [0.15, 0.2) is 0 Å². The summed E-state index contributed by atoms with van der Waals surface area (Å²) in [5.41, 5.74) is -0.320. The van der Waals surface area contributed by atoms with Crippen LogP contribution in [0.5, 0.6) is 0 Å². The van der Waals surface area contributed by atoms with Crippen LogP contribution in [-0.4, -0.2) is 12.5 Å². The second kappa shape index (κ2) is 4.51. The molecule has 0 aromatic carbocycles. The highest BCUT2D eigenvalue weighted by molar-refractivity contribution is 5.81. The van der Waals surface area contributed by atoms with Crippen molar-refractivity contribution >= 4 is 5.91 Å². The van der Waals surface area contributed by atoms with Gasteiger partial charge in [0.1, 0.15) is 11.5 Å². The number of nitrogens with one attached hydrogen (secondary N) is 1. The van der Waals surface area contributed by atoms with Crippen molar-refractivity contribution in [2.24, 2.45) is 5.41 Å². The number of amides is 1. The van der Waals surface area contributed by atoms with Gasteiger partial charge in [0.25, 0.3) is 0 Å². The van der Waals surface area contributed by atoms with Gasteiger partial charge in [0.2, 0.25) is 5.91 Å². The standard InChI is InChI=1S/C12H19NO2/c1-9-5-6-10(15-9)7-8-13-11(14)12(2,3)4/h5-6H,7-8H2,1-4H3,(H,13,14). The minimum absolute atomic E-state index is 0.0748. The highest BCUT2D eigenvalue weighted by Crippen LogP contribution is 2.12. The molecule has 15 heavy (non-hydrogen) atoms. The van der Waals surface area contributed by atoms with Crippen molar-refractivity contribution in [3.05, 3.63) is 23.7 Å². The maximum absolute atomic E-state index is 11.5. The zero-order valence-electron chi connectivity index (χ0n) is 9.89. The molecule has 0 aliphatic heterocycles. The fourth-order valence-electron chi connectivity index (χ4n) is 1.18. The summed E-state index contributed by atoms with van der Waals surface area (Å²) in [6.45, 7) is 8.25. The summed E-state index contributed by atoms with van der Waals surface area (Å²) in [7, 11) is 0. The van der Waals surface area contributed by atoms with Gasteiger partial charge in [0, 0.05) is 18.4 Å². The molecule has 0 radical (unpaired) electrons. The van der Waals surface area contributed by atoms with Crippen molar-refractivity contribution in [3.63, 3.8) is 0 Å². The van der Waals surface area contributed by atoms with E-state index in [1.165, 1.54) is 0 Å². The molecule has 0 fully saturated rings. The zero-order valence-corrected chi connectivity index (χ0v) is 9.89. The molecule has 3 heteroatoms. The Morgan fingerprint density at radius 1 is 1.40 bits per heavy atom. The van der Waals surface area contributed by atoms with Crippen LogP contribution in [0.25, 0.3) is 0 Å². The van der Waals surface area contributed by atoms with Gasteiger partial charge in [-0.05, 0) is 19.1 Å². The molecule has 84 valence electrons. The molecule has 0 saturated carbocycles. The fourth-order valence-corrected chi connectivity index (χ4v) is 1.18. The monoisotopic (exact) mass is 209 g/mol. The third-order valence-electron chi connectivity index (χ3n) is 2.13. The number of carbonyl (C=O) groups is 1. The van der Waals surface area contributed by atoms with Gasteiger partial charge in [-0.2, -0.15) is 0 Å². The molecule has 0 unspecified atom stereocenters. The molecule has 0 aliphatic rings. The Hall–Kier alpha value is -1.25. The highest BCUT2D eigenvalue weighted by Gasteiger charge is 2.20. The minimum Gasteiger partial charge on any atom is -0.466 e. The molecule has 0 aliphatic carbocycles. The Morgan fingerprint density at radius 2 is 2.07 bits per heavy atom. The van der Waals surface area contributed by atoms with E-state index in [1.54, 1.807) is 0 Å². The number of furan rings is 1. The summed E-state index contributed by atoms with van der Waals surface area (Å²) in [6, 6.07) is 3.87. The lowest BCUT2D eigenvalue weighted by atomic mass is 9.96. The number of hydrogen-bond acceptors (Lipinski definition) is 2. The molecule has 0 saturated heterocycles. The molecular formula is C12H19NO2. The van der Waals surface area contributed by atoms with Crippen molar-refractivity contribution in [3.8, 4) is 0 Å². The first kappa shape index (κ1) is 11.8. The maximum atomic E-state index is 11.5. The van der Waals surface area contributed by atoms with Gasteiger partial charge < -0.3 is 9.73 Å². The van der Waals surface area contributed by atoms with Crippen LogP contribution < -0.4 is 5.32 Å². The lowest BCUT2D eigenvalue weighted by Gasteiger charge is -2.17. The third-order valence-corrected chi connectivity index (χ3v) is 2.13. The second-order valence-electron chi connectivity index (χ2n) is 4.77. The summed E-state index contributed by atoms with van der Waals surface area (Å²) >= 11 is 0. The predicted molar refractivity (Wildman–Crippen MR) is 59.6 cm³/mol. The third kappa shape index (κ3) is 3.78. The largest absolute Gasteiger partial charge is 0.466 e. The Labute approximate surface area is 90.9 Å². The van der Waals surface area contributed by atoms with Crippen molar-refractivity contribution in [2.45, 2.75) is 34.1 Å². The van der Waals surface area contributed by atoms with Gasteiger partial charge in [-0.15, -0.1) is 0 Å². The smallest absolute Gasteiger partial charge is 0.225 e. The van der Waals surface area contributed by atoms with E-state index >= 15 is 0 Å². The van der Waals surface area contributed by atoms with Crippen LogP contribution in [0, 0.1) is 12.3 Å². The highest BCUT2D eigenvalue weighted by atomic mass is 16.3. The van der Waals surface area contributed by atoms with Gasteiger partial charge in [-0.1, -0.05) is 20.8 Å². The molecule has 0 bridgehead atoms. The van der Waals surface area contributed by atoms with Crippen molar-refractivity contribution < 1.29 is 9.21 Å². The maximum Gasteiger partial charge on any atom is 0.225 e. The number of carbonyl (C=O) groups excluding carboxylic acids is 1. The molecule has 0 spiro atoms. The van der Waals surface area contributed by atoms with E-state index in [0.717, 1.165) is 17.9 Å². The number of hydrogen-bond donors (Lipinski definition) is 1. The summed E-state index contributed by atoms with van der Waals surface area (Å²) in [5.74, 6) is 1.90. The summed E-state index contributed by atoms with van der Waals surface area (Å²) < 4.78 is 5.40. The first-order valence-corrected chi connectivity index (χ1v) is 5.23. The van der Waals surface area contributed by atoms with Crippen molar-refractivity contribution in [1.29, 1.82) is 0 Å². The Morgan fingerprint density at radius 3 is 2.53 bits per heavy atom. The molecule has 1 rings (SSSR count). The lowest BCUT2D eigenvalue weighted by molar-refractivity contribution is -0.128. The van der Waals surface area contributed by atoms with Crippen LogP contribution in [0.1, 0.15) is 32.3 Å². The van der Waals surface area contributed by atoms with E-state index in [2.05, 4.69) is 5.32 Å². The molecule has 1 heterocycles. The van der Waals surface area contributed by atoms with Gasteiger partial charge >= 0.3 is 0 Å². The quantitative estimate of drug-likeness (QED) is 0.830. The molecule has 1 aromatic heterocycles. The molecule has 1 amide bonds. The zero-order chi connectivity index (χ0) is 11.5. The van der Waals surface area contributed by atoms with E-state index in [9.17, 15) is 4.79 Å². The summed E-state index contributed by atoms with van der Waals surface area (Å²) in [4.78, 5) is 11.5. The van der Waals surface area contributed by atoms with Crippen LogP contribution in [0.4, 0.5) is 0 Å². The number of aryl methyl sites for hydroxylation is 1. The summed E-state index contributed by atoms with van der Waals surface area (Å²) in [5, 5.41) is 2.88. The molecule has 1 aromatic rings. The summed E-state index contributed by atoms with van der Waals surface area (Å²) in [6.07, 6.45) is 0.746. The molecule has 3 nitrogen and oxygen atoms in total. The van der Waals surface area contributed by atoms with Crippen molar-refractivity contribution in [1.82, 2.24) is 5.32 Å². The SMILES string of the molecule is Cc1ccc(CCNC(=O)C(C)(C)C)o1. The second-order valence-corrected chi connectivity index (χ2v) is 4.77. The van der Waals surface area contributed by atoms with Crippen molar-refractivity contribution in [2.75, 3.05) is 6.54 Å². The molecular weight excluding hydrogens is 190 g/mol. The minimum atomic E-state index is -0.320. The van der Waals surface area contributed by atoms with Crippen LogP contribution in [0.15, 0.2) is 16.5 Å². The van der Waals surface area contributed by atoms with Crippen LogP contribution in [0.2, 0.25) is 0 Å². The van der Waals surface area contributed by atoms with Gasteiger partial charge in [-0.25, -0.2) is 0 Å². The predicted octanol–water partition coefficient (Wildman–Crippen LogP) is 2.29. The van der Waals surface area contributed by atoms with E-state index < -0.39 is 0 Å². The van der Waals surface area contributed by atoms with E-state index in [-0.39, 0.29) is 11.3 Å². The van der Waals surface area contributed by atoms with Crippen LogP contribution in [0.3, 0.4) is 0 Å². The van der Waals surface area contributed by atoms with E-state index in [4.69, 9.17) is 4.42 Å². The topological polar surface area (TPSA) is 42.2 Å². The first-order chi connectivity index (χ1) is 6.89. The van der Waals surface area contributed by atoms with Crippen LogP contribution >= 0.6 is 0 Å². The van der Waals surface area contributed by atoms with E-state index in [0.29, 0.717) is 6.54 Å². The Kier molecular flexibility index (Phi) is 3.56. The first-order valence-electron chi connectivity index (χ1n) is 5.23.